The molecule has 5 nitrogen and oxygen atoms in total. The summed E-state index contributed by atoms with van der Waals surface area (Å²) in [5.74, 6) is 0.692. The molecule has 1 fully saturated rings. The molecule has 106 valence electrons. The lowest BCUT2D eigenvalue weighted by Crippen LogP contribution is -2.33. The molecule has 1 aliphatic carbocycles. The van der Waals surface area contributed by atoms with E-state index in [2.05, 4.69) is 4.90 Å². The molecule has 0 atom stereocenters. The molecular formula is C13H21N3O2S. The maximum atomic E-state index is 11.5. The van der Waals surface area contributed by atoms with Crippen LogP contribution < -0.4 is 15.8 Å². The van der Waals surface area contributed by atoms with E-state index in [-0.39, 0.29) is 10.6 Å². The largest absolute Gasteiger partial charge is 0.396 e. The van der Waals surface area contributed by atoms with Crippen LogP contribution >= 0.6 is 0 Å². The van der Waals surface area contributed by atoms with E-state index in [1.54, 1.807) is 6.07 Å². The molecule has 6 heteroatoms. The molecule has 19 heavy (non-hydrogen) atoms. The number of anilines is 2. The molecule has 4 N–H and O–H groups in total. The van der Waals surface area contributed by atoms with E-state index in [1.165, 1.54) is 25.3 Å². The van der Waals surface area contributed by atoms with Gasteiger partial charge in [0.2, 0.25) is 10.0 Å². The second-order valence-electron chi connectivity index (χ2n) is 5.07. The number of nitrogens with two attached hydrogens (primary N) is 2. The van der Waals surface area contributed by atoms with Crippen molar-refractivity contribution >= 4 is 21.4 Å². The minimum Gasteiger partial charge on any atom is -0.396 e. The Hall–Kier alpha value is -1.27. The van der Waals surface area contributed by atoms with Gasteiger partial charge in [-0.05, 0) is 37.8 Å². The molecule has 1 aliphatic rings. The fourth-order valence-electron chi connectivity index (χ4n) is 2.44. The summed E-state index contributed by atoms with van der Waals surface area (Å²) in [7, 11) is -3.77. The van der Waals surface area contributed by atoms with E-state index in [0.717, 1.165) is 18.8 Å². The minimum absolute atomic E-state index is 0.0112. The van der Waals surface area contributed by atoms with E-state index in [9.17, 15) is 8.42 Å². The maximum absolute atomic E-state index is 11.5. The van der Waals surface area contributed by atoms with Crippen LogP contribution in [0.1, 0.15) is 26.2 Å². The number of benzene rings is 1. The first-order valence-electron chi connectivity index (χ1n) is 6.59. The first-order chi connectivity index (χ1) is 8.93. The van der Waals surface area contributed by atoms with Crippen LogP contribution in [0.25, 0.3) is 0 Å². The quantitative estimate of drug-likeness (QED) is 0.802. The summed E-state index contributed by atoms with van der Waals surface area (Å²) in [6.07, 6.45) is 3.77. The Morgan fingerprint density at radius 2 is 2.05 bits per heavy atom. The monoisotopic (exact) mass is 283 g/mol. The lowest BCUT2D eigenvalue weighted by Gasteiger charge is -2.34. The average Bonchev–Trinajstić information content (AvgIpc) is 2.28. The Kier molecular flexibility index (Phi) is 4.01. The van der Waals surface area contributed by atoms with Gasteiger partial charge in [0, 0.05) is 13.1 Å². The fraction of sp³-hybridized carbons (Fsp3) is 0.538. The molecule has 0 bridgehead atoms. The molecule has 0 spiro atoms. The van der Waals surface area contributed by atoms with Crippen molar-refractivity contribution in [3.8, 4) is 0 Å². The predicted molar refractivity (Wildman–Crippen MR) is 77.5 cm³/mol. The SMILES string of the molecule is CCN(CC1CCC1)c1cccc(S(N)(=O)=O)c1N. The number of hydrogen-bond donors (Lipinski definition) is 2. The zero-order valence-electron chi connectivity index (χ0n) is 11.2. The summed E-state index contributed by atoms with van der Waals surface area (Å²) in [4.78, 5) is 2.14. The third-order valence-electron chi connectivity index (χ3n) is 3.78. The number of sulfonamides is 1. The second-order valence-corrected chi connectivity index (χ2v) is 6.60. The highest BCUT2D eigenvalue weighted by molar-refractivity contribution is 7.89. The van der Waals surface area contributed by atoms with E-state index in [4.69, 9.17) is 10.9 Å². The van der Waals surface area contributed by atoms with Gasteiger partial charge >= 0.3 is 0 Å². The van der Waals surface area contributed by atoms with Gasteiger partial charge in [0.1, 0.15) is 4.90 Å². The number of rotatable bonds is 5. The Morgan fingerprint density at radius 1 is 1.37 bits per heavy atom. The molecule has 1 aromatic carbocycles. The lowest BCUT2D eigenvalue weighted by molar-refractivity contribution is 0.318. The van der Waals surface area contributed by atoms with E-state index in [0.29, 0.717) is 5.92 Å². The maximum Gasteiger partial charge on any atom is 0.240 e. The Balaban J connectivity index is 2.32. The lowest BCUT2D eigenvalue weighted by atomic mass is 9.85. The van der Waals surface area contributed by atoms with Crippen LogP contribution in [0.4, 0.5) is 11.4 Å². The van der Waals surface area contributed by atoms with Gasteiger partial charge in [0.05, 0.1) is 11.4 Å². The number of para-hydroxylation sites is 1. The van der Waals surface area contributed by atoms with Crippen LogP contribution in [0.5, 0.6) is 0 Å². The predicted octanol–water partition coefficient (Wildman–Crippen LogP) is 1.54. The van der Waals surface area contributed by atoms with Crippen molar-refractivity contribution in [2.45, 2.75) is 31.1 Å². The topological polar surface area (TPSA) is 89.4 Å². The summed E-state index contributed by atoms with van der Waals surface area (Å²) in [6, 6.07) is 4.99. The second kappa shape index (κ2) is 5.38. The molecule has 0 aromatic heterocycles. The molecule has 0 saturated heterocycles. The van der Waals surface area contributed by atoms with Crippen molar-refractivity contribution in [1.82, 2.24) is 0 Å². The van der Waals surface area contributed by atoms with Gasteiger partial charge in [-0.1, -0.05) is 12.5 Å². The molecule has 0 radical (unpaired) electrons. The highest BCUT2D eigenvalue weighted by Crippen LogP contribution is 2.33. The van der Waals surface area contributed by atoms with Crippen molar-refractivity contribution < 1.29 is 8.42 Å². The number of hydrogen-bond acceptors (Lipinski definition) is 4. The van der Waals surface area contributed by atoms with Crippen LogP contribution in [0.3, 0.4) is 0 Å². The van der Waals surface area contributed by atoms with Crippen LogP contribution in [0, 0.1) is 5.92 Å². The molecular weight excluding hydrogens is 262 g/mol. The van der Waals surface area contributed by atoms with Crippen molar-refractivity contribution in [2.24, 2.45) is 11.1 Å². The van der Waals surface area contributed by atoms with E-state index in [1.807, 2.05) is 13.0 Å². The molecule has 1 aromatic rings. The fourth-order valence-corrected chi connectivity index (χ4v) is 3.12. The molecule has 0 amide bonds. The first kappa shape index (κ1) is 14.1. The van der Waals surface area contributed by atoms with Crippen molar-refractivity contribution in [3.63, 3.8) is 0 Å². The van der Waals surface area contributed by atoms with Crippen LogP contribution in [-0.4, -0.2) is 21.5 Å². The van der Waals surface area contributed by atoms with Crippen molar-refractivity contribution in [2.75, 3.05) is 23.7 Å². The zero-order valence-corrected chi connectivity index (χ0v) is 12.0. The van der Waals surface area contributed by atoms with Crippen LogP contribution in [0.15, 0.2) is 23.1 Å². The first-order valence-corrected chi connectivity index (χ1v) is 8.14. The van der Waals surface area contributed by atoms with Gasteiger partial charge in [0.15, 0.2) is 0 Å². The van der Waals surface area contributed by atoms with E-state index >= 15 is 0 Å². The third kappa shape index (κ3) is 3.01. The summed E-state index contributed by atoms with van der Waals surface area (Å²) < 4.78 is 23.0. The average molecular weight is 283 g/mol. The molecule has 2 rings (SSSR count). The Morgan fingerprint density at radius 3 is 2.53 bits per heavy atom. The van der Waals surface area contributed by atoms with Crippen molar-refractivity contribution in [3.05, 3.63) is 18.2 Å². The molecule has 0 heterocycles. The Bertz CT molecular complexity index is 553. The third-order valence-corrected chi connectivity index (χ3v) is 4.74. The highest BCUT2D eigenvalue weighted by Gasteiger charge is 2.23. The van der Waals surface area contributed by atoms with Gasteiger partial charge in [-0.15, -0.1) is 0 Å². The van der Waals surface area contributed by atoms with Crippen LogP contribution in [0.2, 0.25) is 0 Å². The minimum atomic E-state index is -3.77. The van der Waals surface area contributed by atoms with E-state index < -0.39 is 10.0 Å². The normalized spacial score (nSPS) is 16.1. The smallest absolute Gasteiger partial charge is 0.240 e. The van der Waals surface area contributed by atoms with Crippen LogP contribution in [-0.2, 0) is 10.0 Å². The van der Waals surface area contributed by atoms with Gasteiger partial charge in [0.25, 0.3) is 0 Å². The number of primary sulfonamides is 1. The summed E-state index contributed by atoms with van der Waals surface area (Å²) in [5.41, 5.74) is 7.00. The van der Waals surface area contributed by atoms with Gasteiger partial charge in [-0.3, -0.25) is 0 Å². The molecule has 0 unspecified atom stereocenters. The summed E-state index contributed by atoms with van der Waals surface area (Å²) in [6.45, 7) is 3.77. The number of nitrogen functional groups attached to an aromatic ring is 1. The summed E-state index contributed by atoms with van der Waals surface area (Å²) >= 11 is 0. The van der Waals surface area contributed by atoms with Gasteiger partial charge in [-0.2, -0.15) is 0 Å². The molecule has 0 aliphatic heterocycles. The Labute approximate surface area is 114 Å². The standard InChI is InChI=1S/C13H21N3O2S/c1-2-16(9-10-5-3-6-10)11-7-4-8-12(13(11)14)19(15,17)18/h4,7-8,10H,2-3,5-6,9,14H2,1H3,(H2,15,17,18). The van der Waals surface area contributed by atoms with Gasteiger partial charge in [-0.25, -0.2) is 13.6 Å². The highest BCUT2D eigenvalue weighted by atomic mass is 32.2. The molecule has 1 saturated carbocycles. The summed E-state index contributed by atoms with van der Waals surface area (Å²) in [5, 5.41) is 5.18. The van der Waals surface area contributed by atoms with Gasteiger partial charge < -0.3 is 10.6 Å². The zero-order chi connectivity index (χ0) is 14.0. The van der Waals surface area contributed by atoms with Crippen molar-refractivity contribution in [1.29, 1.82) is 0 Å². The number of nitrogens with zero attached hydrogens (tertiary/aromatic N) is 1.